The maximum absolute atomic E-state index is 3.84. The van der Waals surface area contributed by atoms with Crippen molar-refractivity contribution in [2.45, 2.75) is 49.5 Å². The molecule has 0 atom stereocenters. The van der Waals surface area contributed by atoms with Crippen molar-refractivity contribution < 1.29 is 12.4 Å². The van der Waals surface area contributed by atoms with Crippen molar-refractivity contribution in [3.05, 3.63) is 0 Å². The second-order valence-electron chi connectivity index (χ2n) is 6.51. The number of rotatable bonds is 0. The zero-order valence-electron chi connectivity index (χ0n) is 10.4. The third-order valence-electron chi connectivity index (χ3n) is 3.62. The molecule has 0 aromatic heterocycles. The summed E-state index contributed by atoms with van der Waals surface area (Å²) in [5.41, 5.74) is 0. The monoisotopic (exact) mass is 276 g/mol. The van der Waals surface area contributed by atoms with Crippen LogP contribution in [0.15, 0.2) is 0 Å². The Kier molecular flexibility index (Phi) is 4.64. The van der Waals surface area contributed by atoms with Crippen molar-refractivity contribution in [1.29, 1.82) is 0 Å². The van der Waals surface area contributed by atoms with Crippen molar-refractivity contribution >= 4 is 15.5 Å². The van der Waals surface area contributed by atoms with Crippen LogP contribution in [0.5, 0.6) is 0 Å². The first-order valence-corrected chi connectivity index (χ1v) is 10.2. The molecule has 0 aromatic carbocycles. The van der Waals surface area contributed by atoms with E-state index in [2.05, 4.69) is 49.6 Å². The van der Waals surface area contributed by atoms with Crippen LogP contribution in [0.25, 0.3) is 0 Å². The van der Waals surface area contributed by atoms with Crippen LogP contribution in [0.4, 0.5) is 0 Å². The van der Waals surface area contributed by atoms with Gasteiger partial charge in [0.15, 0.2) is 0 Å². The van der Waals surface area contributed by atoms with Crippen LogP contribution in [0.1, 0.15) is 41.5 Å². The number of hydrogen-bond acceptors (Lipinski definition) is 2. The predicted molar refractivity (Wildman–Crippen MR) is 61.2 cm³/mol. The summed E-state index contributed by atoms with van der Waals surface area (Å²) in [4.78, 5) is 0. The summed E-state index contributed by atoms with van der Waals surface area (Å²) in [6.07, 6.45) is 0. The average Bonchev–Trinajstić information content (AvgIpc) is 2.28. The summed E-state index contributed by atoms with van der Waals surface area (Å²) in [5.74, 6) is 0. The molecule has 0 aromatic rings. The average molecular weight is 277 g/mol. The molecule has 1 aliphatic rings. The van der Waals surface area contributed by atoms with Gasteiger partial charge in [0.25, 0.3) is 0 Å². The summed E-state index contributed by atoms with van der Waals surface area (Å²) in [5, 5.41) is 0. The van der Waals surface area contributed by atoms with Gasteiger partial charge in [-0.15, -0.1) is 0 Å². The molecule has 0 aliphatic carbocycles. The van der Waals surface area contributed by atoms with Crippen molar-refractivity contribution in [3.8, 4) is 0 Å². The SMILES string of the molecule is C[C](C)(C)[Ga-]1([C](C)(C)C)[NH]CC[NH]1.[Cl-]. The van der Waals surface area contributed by atoms with Crippen LogP contribution in [-0.2, 0) is 0 Å². The summed E-state index contributed by atoms with van der Waals surface area (Å²) in [6, 6.07) is 0. The number of nitrogens with one attached hydrogen (secondary N) is 2. The summed E-state index contributed by atoms with van der Waals surface area (Å²) in [7, 11) is 0. The molecule has 1 saturated heterocycles. The molecule has 0 unspecified atom stereocenters. The molecule has 0 amide bonds. The van der Waals surface area contributed by atoms with Gasteiger partial charge in [0.1, 0.15) is 0 Å². The van der Waals surface area contributed by atoms with E-state index in [1.54, 1.807) is 0 Å². The molecule has 1 fully saturated rings. The van der Waals surface area contributed by atoms with Gasteiger partial charge in [-0.05, 0) is 0 Å². The first-order valence-electron chi connectivity index (χ1n) is 5.36. The van der Waals surface area contributed by atoms with Crippen LogP contribution >= 0.6 is 0 Å². The van der Waals surface area contributed by atoms with Gasteiger partial charge in [0, 0.05) is 0 Å². The molecule has 2 N–H and O–H groups in total. The van der Waals surface area contributed by atoms with E-state index in [9.17, 15) is 0 Å². The van der Waals surface area contributed by atoms with E-state index in [-0.39, 0.29) is 12.4 Å². The molecular formula is C10H24ClGaN2-2. The van der Waals surface area contributed by atoms with E-state index >= 15 is 0 Å². The van der Waals surface area contributed by atoms with E-state index in [1.165, 1.54) is 13.1 Å². The van der Waals surface area contributed by atoms with E-state index < -0.39 is 15.5 Å². The molecular weight excluding hydrogens is 253 g/mol. The van der Waals surface area contributed by atoms with Gasteiger partial charge in [-0.25, -0.2) is 0 Å². The van der Waals surface area contributed by atoms with Crippen molar-refractivity contribution in [2.24, 2.45) is 0 Å². The second-order valence-corrected chi connectivity index (χ2v) is 19.1. The zero-order chi connectivity index (χ0) is 10.3. The molecule has 86 valence electrons. The Hall–Kier alpha value is 0.846. The van der Waals surface area contributed by atoms with Gasteiger partial charge in [-0.2, -0.15) is 0 Å². The van der Waals surface area contributed by atoms with Gasteiger partial charge in [-0.3, -0.25) is 0 Å². The van der Waals surface area contributed by atoms with Crippen LogP contribution in [0, 0.1) is 0 Å². The Morgan fingerprint density at radius 1 is 0.786 bits per heavy atom. The largest absolute Gasteiger partial charge is 1.00 e. The maximum Gasteiger partial charge on any atom is -1.00 e. The van der Waals surface area contributed by atoms with Gasteiger partial charge < -0.3 is 12.4 Å². The topological polar surface area (TPSA) is 24.1 Å². The Bertz CT molecular complexity index is 171. The quantitative estimate of drug-likeness (QED) is 0.568. The van der Waals surface area contributed by atoms with Gasteiger partial charge in [0.05, 0.1) is 0 Å². The minimum atomic E-state index is -2.28. The molecule has 2 nitrogen and oxygen atoms in total. The van der Waals surface area contributed by atoms with Crippen LogP contribution in [0.2, 0.25) is 7.94 Å². The standard InChI is InChI=1S/2C4H9.C2H6N2.ClH.Ga/c2*1-4(2)3;3-1-2-4;;/h2*1-3H3;3-4H,1-2H2;1H;/q;;-2;;+1/p-1. The molecule has 1 aliphatic heterocycles. The Morgan fingerprint density at radius 2 is 1.07 bits per heavy atom. The van der Waals surface area contributed by atoms with Gasteiger partial charge in [0.2, 0.25) is 0 Å². The second kappa shape index (κ2) is 4.38. The van der Waals surface area contributed by atoms with E-state index in [4.69, 9.17) is 0 Å². The first kappa shape index (κ1) is 14.8. The van der Waals surface area contributed by atoms with Gasteiger partial charge in [-0.1, -0.05) is 0 Å². The van der Waals surface area contributed by atoms with E-state index in [0.29, 0.717) is 7.94 Å². The first-order chi connectivity index (χ1) is 5.71. The fraction of sp³-hybridized carbons (Fsp3) is 1.00. The van der Waals surface area contributed by atoms with Crippen molar-refractivity contribution in [3.63, 3.8) is 0 Å². The maximum atomic E-state index is 3.84. The minimum Gasteiger partial charge on any atom is -1.00 e. The molecule has 1 rings (SSSR count). The minimum absolute atomic E-state index is 0. The zero-order valence-corrected chi connectivity index (χ0v) is 13.5. The summed E-state index contributed by atoms with van der Waals surface area (Å²) < 4.78 is 8.57. The summed E-state index contributed by atoms with van der Waals surface area (Å²) in [6.45, 7) is 16.6. The molecule has 4 heteroatoms. The Balaban J connectivity index is 0.00000169. The predicted octanol–water partition coefficient (Wildman–Crippen LogP) is -0.774. The smallest absolute Gasteiger partial charge is 1.00 e. The van der Waals surface area contributed by atoms with Crippen molar-refractivity contribution in [1.82, 2.24) is 8.05 Å². The molecule has 0 saturated carbocycles. The van der Waals surface area contributed by atoms with E-state index in [0.717, 1.165) is 0 Å². The fourth-order valence-corrected chi connectivity index (χ4v) is 16.5. The molecule has 0 spiro atoms. The Morgan fingerprint density at radius 3 is 1.21 bits per heavy atom. The van der Waals surface area contributed by atoms with E-state index in [1.807, 2.05) is 0 Å². The molecule has 0 bridgehead atoms. The molecule has 0 radical (unpaired) electrons. The summed E-state index contributed by atoms with van der Waals surface area (Å²) >= 11 is -2.28. The fourth-order valence-electron chi connectivity index (χ4n) is 3.17. The van der Waals surface area contributed by atoms with Crippen LogP contribution in [0.3, 0.4) is 0 Å². The van der Waals surface area contributed by atoms with Crippen LogP contribution in [-0.4, -0.2) is 28.6 Å². The van der Waals surface area contributed by atoms with Gasteiger partial charge >= 0.3 is 86.1 Å². The molecule has 1 heterocycles. The van der Waals surface area contributed by atoms with Crippen molar-refractivity contribution in [2.75, 3.05) is 13.1 Å². The molecule has 14 heavy (non-hydrogen) atoms. The third kappa shape index (κ3) is 2.32. The third-order valence-corrected chi connectivity index (χ3v) is 18.3. The Labute approximate surface area is 98.4 Å². The van der Waals surface area contributed by atoms with Crippen LogP contribution < -0.4 is 20.5 Å². The number of halogens is 1. The normalized spacial score (nSPS) is 21.9. The number of hydrogen-bond donors (Lipinski definition) is 2.